The summed E-state index contributed by atoms with van der Waals surface area (Å²) in [5.74, 6) is -0.130. The van der Waals surface area contributed by atoms with E-state index in [9.17, 15) is 13.2 Å². The number of piperidine rings is 1. The fraction of sp³-hybridized carbons (Fsp3) is 0.389. The van der Waals surface area contributed by atoms with Crippen LogP contribution in [0.1, 0.15) is 19.8 Å². The highest BCUT2D eigenvalue weighted by molar-refractivity contribution is 7.80. The van der Waals surface area contributed by atoms with Crippen molar-refractivity contribution in [1.82, 2.24) is 15.2 Å². The van der Waals surface area contributed by atoms with Crippen molar-refractivity contribution in [3.63, 3.8) is 0 Å². The molecule has 0 aromatic carbocycles. The van der Waals surface area contributed by atoms with Crippen LogP contribution in [0, 0.1) is 0 Å². The predicted molar refractivity (Wildman–Crippen MR) is 106 cm³/mol. The van der Waals surface area contributed by atoms with Crippen LogP contribution < -0.4 is 10.6 Å². The van der Waals surface area contributed by atoms with Crippen LogP contribution >= 0.6 is 12.2 Å². The van der Waals surface area contributed by atoms with Gasteiger partial charge in [-0.3, -0.25) is 4.98 Å². The maximum absolute atomic E-state index is 13.3. The number of pyridine rings is 1. The molecule has 1 aliphatic rings. The molecule has 0 atom stereocenters. The van der Waals surface area contributed by atoms with Crippen molar-refractivity contribution >= 4 is 29.7 Å². The predicted octanol–water partition coefficient (Wildman–Crippen LogP) is 3.88. The van der Waals surface area contributed by atoms with Crippen molar-refractivity contribution < 1.29 is 13.2 Å². The lowest BCUT2D eigenvalue weighted by Gasteiger charge is -2.35. The van der Waals surface area contributed by atoms with Gasteiger partial charge in [-0.1, -0.05) is 12.2 Å². The second-order valence-corrected chi connectivity index (χ2v) is 6.40. The van der Waals surface area contributed by atoms with E-state index < -0.39 is 11.7 Å². The molecule has 0 amide bonds. The Hall–Kier alpha value is -2.42. The Morgan fingerprint density at radius 1 is 1.41 bits per heavy atom. The molecule has 1 aromatic heterocycles. The van der Waals surface area contributed by atoms with Gasteiger partial charge in [0.15, 0.2) is 5.11 Å². The van der Waals surface area contributed by atoms with E-state index in [1.807, 2.05) is 6.07 Å². The van der Waals surface area contributed by atoms with Crippen LogP contribution in [-0.4, -0.2) is 47.0 Å². The van der Waals surface area contributed by atoms with Crippen molar-refractivity contribution in [3.05, 3.63) is 48.1 Å². The molecule has 0 radical (unpaired) electrons. The van der Waals surface area contributed by atoms with Gasteiger partial charge in [0.05, 0.1) is 17.5 Å². The quantitative estimate of drug-likeness (QED) is 0.449. The van der Waals surface area contributed by atoms with Gasteiger partial charge in [0.1, 0.15) is 5.82 Å². The molecule has 0 aliphatic carbocycles. The van der Waals surface area contributed by atoms with Crippen molar-refractivity contribution in [2.45, 2.75) is 32.0 Å². The van der Waals surface area contributed by atoms with Crippen molar-refractivity contribution in [3.8, 4) is 0 Å². The normalized spacial score (nSPS) is 16.8. The third-order valence-corrected chi connectivity index (χ3v) is 4.30. The van der Waals surface area contributed by atoms with Crippen LogP contribution in [0.25, 0.3) is 0 Å². The molecule has 146 valence electrons. The van der Waals surface area contributed by atoms with Gasteiger partial charge in [-0.25, -0.2) is 4.99 Å². The van der Waals surface area contributed by atoms with E-state index in [0.717, 1.165) is 11.8 Å². The summed E-state index contributed by atoms with van der Waals surface area (Å²) in [6.07, 6.45) is 2.49. The number of nitrogens with zero attached hydrogens (tertiary/aromatic N) is 3. The molecule has 1 aromatic rings. The highest BCUT2D eigenvalue weighted by Crippen LogP contribution is 2.32. The van der Waals surface area contributed by atoms with Gasteiger partial charge < -0.3 is 15.5 Å². The summed E-state index contributed by atoms with van der Waals surface area (Å²) in [7, 11) is 0. The number of aromatic nitrogens is 1. The first-order chi connectivity index (χ1) is 12.8. The minimum Gasteiger partial charge on any atom is -0.360 e. The highest BCUT2D eigenvalue weighted by Gasteiger charge is 2.36. The molecule has 2 N–H and O–H groups in total. The van der Waals surface area contributed by atoms with Crippen LogP contribution in [-0.2, 0) is 0 Å². The Morgan fingerprint density at radius 2 is 2.11 bits per heavy atom. The lowest BCUT2D eigenvalue weighted by atomic mass is 10.0. The van der Waals surface area contributed by atoms with E-state index >= 15 is 0 Å². The molecule has 0 bridgehead atoms. The number of thiocarbonyl (C=S) groups is 1. The molecule has 1 saturated heterocycles. The monoisotopic (exact) mass is 397 g/mol. The Bertz CT molecular complexity index is 707. The fourth-order valence-electron chi connectivity index (χ4n) is 2.84. The Labute approximate surface area is 162 Å². The molecule has 1 aliphatic heterocycles. The molecule has 0 unspecified atom stereocenters. The molecule has 0 saturated carbocycles. The van der Waals surface area contributed by atoms with Crippen LogP contribution in [0.15, 0.2) is 53.1 Å². The number of hydrogen-bond donors (Lipinski definition) is 2. The van der Waals surface area contributed by atoms with E-state index in [2.05, 4.69) is 27.3 Å². The van der Waals surface area contributed by atoms with Gasteiger partial charge in [0.25, 0.3) is 0 Å². The summed E-state index contributed by atoms with van der Waals surface area (Å²) < 4.78 is 39.9. The number of alkyl halides is 3. The minimum atomic E-state index is -4.48. The lowest BCUT2D eigenvalue weighted by Crippen LogP contribution is -2.45. The number of nitrogens with one attached hydrogen (secondary N) is 2. The Morgan fingerprint density at radius 3 is 2.63 bits per heavy atom. The topological polar surface area (TPSA) is 52.5 Å². The first kappa shape index (κ1) is 20.9. The van der Waals surface area contributed by atoms with E-state index in [0.29, 0.717) is 31.0 Å². The SMILES string of the molecule is C=N/C(=C(\C=C/C)C(F)(F)F)N1CCC(NC(=S)Nc2cccnc2)CC1. The molecule has 27 heavy (non-hydrogen) atoms. The fourth-order valence-corrected chi connectivity index (χ4v) is 3.13. The van der Waals surface area contributed by atoms with Crippen molar-refractivity contribution in [1.29, 1.82) is 0 Å². The smallest absolute Gasteiger partial charge is 0.360 e. The van der Waals surface area contributed by atoms with Gasteiger partial charge in [0, 0.05) is 25.3 Å². The van der Waals surface area contributed by atoms with E-state index in [4.69, 9.17) is 12.2 Å². The molecule has 5 nitrogen and oxygen atoms in total. The number of rotatable bonds is 5. The molecule has 2 heterocycles. The van der Waals surface area contributed by atoms with E-state index in [1.54, 1.807) is 30.3 Å². The first-order valence-corrected chi connectivity index (χ1v) is 8.89. The van der Waals surface area contributed by atoms with Gasteiger partial charge in [-0.05, 0) is 50.8 Å². The van der Waals surface area contributed by atoms with E-state index in [-0.39, 0.29) is 11.9 Å². The second-order valence-electron chi connectivity index (χ2n) is 5.99. The van der Waals surface area contributed by atoms with Crippen LogP contribution in [0.5, 0.6) is 0 Å². The summed E-state index contributed by atoms with van der Waals surface area (Å²) in [6, 6.07) is 3.71. The Kier molecular flexibility index (Phi) is 7.35. The molecule has 1 fully saturated rings. The maximum Gasteiger partial charge on any atom is 0.419 e. The number of aliphatic imine (C=N–C) groups is 1. The number of anilines is 1. The summed E-state index contributed by atoms with van der Waals surface area (Å²) in [6.45, 7) is 5.73. The molecule has 2 rings (SSSR count). The highest BCUT2D eigenvalue weighted by atomic mass is 32.1. The number of hydrogen-bond acceptors (Lipinski definition) is 4. The zero-order chi connectivity index (χ0) is 19.9. The largest absolute Gasteiger partial charge is 0.419 e. The standard InChI is InChI=1S/C18H22F3N5S/c1-3-5-15(18(19,20)21)16(22-2)26-10-7-13(8-11-26)24-17(27)25-14-6-4-9-23-12-14/h3-6,9,12-13H,2,7-8,10-11H2,1H3,(H2,24,25,27)/b5-3-,16-15-. The molecular formula is C18H22F3N5S. The summed E-state index contributed by atoms with van der Waals surface area (Å²) in [5, 5.41) is 6.70. The molecular weight excluding hydrogens is 375 g/mol. The van der Waals surface area contributed by atoms with Crippen LogP contribution in [0.3, 0.4) is 0 Å². The van der Waals surface area contributed by atoms with Gasteiger partial charge in [-0.2, -0.15) is 13.2 Å². The average Bonchev–Trinajstić information content (AvgIpc) is 2.63. The summed E-state index contributed by atoms with van der Waals surface area (Å²) in [5.41, 5.74) is -0.00476. The summed E-state index contributed by atoms with van der Waals surface area (Å²) in [4.78, 5) is 9.27. The van der Waals surface area contributed by atoms with Crippen molar-refractivity contribution in [2.75, 3.05) is 18.4 Å². The average molecular weight is 397 g/mol. The van der Waals surface area contributed by atoms with Gasteiger partial charge >= 0.3 is 6.18 Å². The van der Waals surface area contributed by atoms with Gasteiger partial charge in [-0.15, -0.1) is 0 Å². The zero-order valence-corrected chi connectivity index (χ0v) is 15.8. The third kappa shape index (κ3) is 6.06. The van der Waals surface area contributed by atoms with Crippen molar-refractivity contribution in [2.24, 2.45) is 4.99 Å². The number of likely N-dealkylation sites (tertiary alicyclic amines) is 1. The molecule has 0 spiro atoms. The first-order valence-electron chi connectivity index (χ1n) is 8.48. The third-order valence-electron chi connectivity index (χ3n) is 4.08. The Balaban J connectivity index is 1.97. The lowest BCUT2D eigenvalue weighted by molar-refractivity contribution is -0.0904. The minimum absolute atomic E-state index is 0.0695. The number of halogens is 3. The summed E-state index contributed by atoms with van der Waals surface area (Å²) >= 11 is 5.29. The van der Waals surface area contributed by atoms with Gasteiger partial charge in [0.2, 0.25) is 0 Å². The van der Waals surface area contributed by atoms with Crippen LogP contribution in [0.4, 0.5) is 18.9 Å². The zero-order valence-electron chi connectivity index (χ0n) is 15.0. The second kappa shape index (κ2) is 9.50. The van der Waals surface area contributed by atoms with E-state index in [1.165, 1.54) is 6.08 Å². The number of allylic oxidation sites excluding steroid dienone is 3. The maximum atomic E-state index is 13.3. The molecule has 9 heteroatoms. The van der Waals surface area contributed by atoms with Crippen LogP contribution in [0.2, 0.25) is 0 Å².